The zero-order valence-corrected chi connectivity index (χ0v) is 12.8. The summed E-state index contributed by atoms with van der Waals surface area (Å²) in [4.78, 5) is 12.6. The van der Waals surface area contributed by atoms with Gasteiger partial charge >= 0.3 is 0 Å². The van der Waals surface area contributed by atoms with Crippen molar-refractivity contribution in [3.8, 4) is 5.75 Å². The second kappa shape index (κ2) is 6.94. The second-order valence-electron chi connectivity index (χ2n) is 4.87. The number of nitrogens with one attached hydrogen (secondary N) is 1. The van der Waals surface area contributed by atoms with Crippen LogP contribution in [-0.2, 0) is 0 Å². The van der Waals surface area contributed by atoms with E-state index in [1.54, 1.807) is 12.1 Å². The van der Waals surface area contributed by atoms with Gasteiger partial charge in [0.2, 0.25) is 0 Å². The van der Waals surface area contributed by atoms with Crippen molar-refractivity contribution in [2.75, 3.05) is 13.2 Å². The molecule has 2 atom stereocenters. The molecule has 1 fully saturated rings. The predicted octanol–water partition coefficient (Wildman–Crippen LogP) is 3.38. The summed E-state index contributed by atoms with van der Waals surface area (Å²) in [5, 5.41) is 3.01. The monoisotopic (exact) mass is 325 g/mol. The highest BCUT2D eigenvalue weighted by Gasteiger charge is 2.25. The molecule has 104 valence electrons. The Morgan fingerprint density at radius 1 is 1.37 bits per heavy atom. The fourth-order valence-corrected chi connectivity index (χ4v) is 3.19. The third kappa shape index (κ3) is 3.96. The average Bonchev–Trinajstić information content (AvgIpc) is 2.83. The number of benzene rings is 1. The van der Waals surface area contributed by atoms with Gasteiger partial charge in [0.15, 0.2) is 0 Å². The first kappa shape index (κ1) is 14.4. The molecule has 1 aromatic rings. The summed E-state index contributed by atoms with van der Waals surface area (Å²) in [5.74, 6) is 1.36. The van der Waals surface area contributed by atoms with Gasteiger partial charge in [-0.3, -0.25) is 4.79 Å². The van der Waals surface area contributed by atoms with E-state index in [0.29, 0.717) is 22.9 Å². The van der Waals surface area contributed by atoms with Crippen molar-refractivity contribution >= 4 is 21.8 Å². The Labute approximate surface area is 122 Å². The van der Waals surface area contributed by atoms with Gasteiger partial charge in [-0.2, -0.15) is 0 Å². The molecule has 1 saturated carbocycles. The maximum Gasteiger partial charge on any atom is 0.251 e. The van der Waals surface area contributed by atoms with Gasteiger partial charge in [0, 0.05) is 16.9 Å². The Kier molecular flexibility index (Phi) is 5.25. The van der Waals surface area contributed by atoms with Gasteiger partial charge in [-0.25, -0.2) is 0 Å². The number of rotatable bonds is 5. The van der Waals surface area contributed by atoms with E-state index in [2.05, 4.69) is 21.2 Å². The summed E-state index contributed by atoms with van der Waals surface area (Å²) >= 11 is 3.67. The van der Waals surface area contributed by atoms with Crippen LogP contribution in [0.5, 0.6) is 5.75 Å². The lowest BCUT2D eigenvalue weighted by Gasteiger charge is -2.14. The van der Waals surface area contributed by atoms with Crippen LogP contribution in [0.15, 0.2) is 24.3 Å². The van der Waals surface area contributed by atoms with E-state index in [0.717, 1.165) is 12.3 Å². The Morgan fingerprint density at radius 2 is 2.11 bits per heavy atom. The maximum atomic E-state index is 12.0. The number of alkyl halides is 1. The molecule has 1 N–H and O–H groups in total. The molecule has 0 spiro atoms. The van der Waals surface area contributed by atoms with E-state index < -0.39 is 0 Å². The topological polar surface area (TPSA) is 38.3 Å². The molecule has 0 bridgehead atoms. The van der Waals surface area contributed by atoms with E-state index in [9.17, 15) is 4.79 Å². The molecule has 1 aliphatic carbocycles. The summed E-state index contributed by atoms with van der Waals surface area (Å²) in [5.41, 5.74) is 0.688. The number of hydrogen-bond donors (Lipinski definition) is 1. The smallest absolute Gasteiger partial charge is 0.251 e. The normalized spacial score (nSPS) is 22.2. The van der Waals surface area contributed by atoms with Crippen molar-refractivity contribution < 1.29 is 9.53 Å². The molecule has 19 heavy (non-hydrogen) atoms. The molecule has 2 rings (SSSR count). The first-order valence-corrected chi connectivity index (χ1v) is 7.77. The van der Waals surface area contributed by atoms with Crippen LogP contribution >= 0.6 is 15.9 Å². The third-order valence-corrected chi connectivity index (χ3v) is 4.72. The molecule has 0 saturated heterocycles. The van der Waals surface area contributed by atoms with Crippen molar-refractivity contribution in [2.24, 2.45) is 5.92 Å². The van der Waals surface area contributed by atoms with Gasteiger partial charge in [0.1, 0.15) is 5.75 Å². The fraction of sp³-hybridized carbons (Fsp3) is 0.533. The largest absolute Gasteiger partial charge is 0.494 e. The minimum atomic E-state index is -0.00496. The molecule has 1 aliphatic rings. The first-order chi connectivity index (χ1) is 9.20. The van der Waals surface area contributed by atoms with Crippen molar-refractivity contribution in [1.82, 2.24) is 5.32 Å². The van der Waals surface area contributed by atoms with Crippen molar-refractivity contribution in [2.45, 2.75) is 31.0 Å². The van der Waals surface area contributed by atoms with Crippen LogP contribution in [-0.4, -0.2) is 23.9 Å². The number of carbonyl (C=O) groups is 1. The summed E-state index contributed by atoms with van der Waals surface area (Å²) < 4.78 is 5.36. The van der Waals surface area contributed by atoms with E-state index in [4.69, 9.17) is 4.74 Å². The van der Waals surface area contributed by atoms with Crippen LogP contribution in [0.3, 0.4) is 0 Å². The van der Waals surface area contributed by atoms with Gasteiger partial charge in [0.05, 0.1) is 6.61 Å². The summed E-state index contributed by atoms with van der Waals surface area (Å²) in [6, 6.07) is 7.28. The van der Waals surface area contributed by atoms with Crippen molar-refractivity contribution in [3.05, 3.63) is 29.8 Å². The molecule has 2 unspecified atom stereocenters. The zero-order valence-electron chi connectivity index (χ0n) is 11.2. The maximum absolute atomic E-state index is 12.0. The zero-order chi connectivity index (χ0) is 13.7. The highest BCUT2D eigenvalue weighted by Crippen LogP contribution is 2.30. The van der Waals surface area contributed by atoms with Gasteiger partial charge in [0.25, 0.3) is 5.91 Å². The third-order valence-electron chi connectivity index (χ3n) is 3.52. The molecule has 0 radical (unpaired) electrons. The number of ether oxygens (including phenoxy) is 1. The fourth-order valence-electron chi connectivity index (χ4n) is 2.42. The van der Waals surface area contributed by atoms with Gasteiger partial charge in [-0.15, -0.1) is 0 Å². The Morgan fingerprint density at radius 3 is 2.68 bits per heavy atom. The molecule has 0 aromatic heterocycles. The van der Waals surface area contributed by atoms with Crippen LogP contribution in [0, 0.1) is 5.92 Å². The lowest BCUT2D eigenvalue weighted by Crippen LogP contribution is -2.30. The quantitative estimate of drug-likeness (QED) is 0.843. The van der Waals surface area contributed by atoms with E-state index >= 15 is 0 Å². The van der Waals surface area contributed by atoms with Crippen LogP contribution in [0.25, 0.3) is 0 Å². The minimum Gasteiger partial charge on any atom is -0.494 e. The Hall–Kier alpha value is -1.03. The number of carbonyl (C=O) groups excluding carboxylic acids is 1. The van der Waals surface area contributed by atoms with E-state index in [1.807, 2.05) is 19.1 Å². The molecular formula is C15H20BrNO2. The van der Waals surface area contributed by atoms with Crippen LogP contribution in [0.1, 0.15) is 36.5 Å². The highest BCUT2D eigenvalue weighted by molar-refractivity contribution is 9.09. The Balaban J connectivity index is 1.85. The first-order valence-electron chi connectivity index (χ1n) is 6.86. The van der Waals surface area contributed by atoms with Crippen molar-refractivity contribution in [1.29, 1.82) is 0 Å². The van der Waals surface area contributed by atoms with Gasteiger partial charge < -0.3 is 10.1 Å². The number of halogens is 1. The minimum absolute atomic E-state index is 0.00496. The summed E-state index contributed by atoms with van der Waals surface area (Å²) in [7, 11) is 0. The lowest BCUT2D eigenvalue weighted by atomic mass is 10.1. The summed E-state index contributed by atoms with van der Waals surface area (Å²) in [6.45, 7) is 3.33. The average molecular weight is 326 g/mol. The van der Waals surface area contributed by atoms with Crippen LogP contribution in [0.2, 0.25) is 0 Å². The standard InChI is InChI=1S/C15H20BrNO2/c1-2-19-13-8-6-11(7-9-13)15(18)17-10-12-4-3-5-14(12)16/h6-9,12,14H,2-5,10H2,1H3,(H,17,18). The van der Waals surface area contributed by atoms with E-state index in [1.165, 1.54) is 19.3 Å². The lowest BCUT2D eigenvalue weighted by molar-refractivity contribution is 0.0948. The molecular weight excluding hydrogens is 306 g/mol. The molecule has 1 amide bonds. The van der Waals surface area contributed by atoms with Gasteiger partial charge in [-0.05, 0) is 49.9 Å². The number of hydrogen-bond acceptors (Lipinski definition) is 2. The molecule has 0 aliphatic heterocycles. The van der Waals surface area contributed by atoms with Gasteiger partial charge in [-0.1, -0.05) is 22.4 Å². The Bertz CT molecular complexity index is 419. The SMILES string of the molecule is CCOc1ccc(C(=O)NCC2CCCC2Br)cc1. The summed E-state index contributed by atoms with van der Waals surface area (Å²) in [6.07, 6.45) is 3.66. The molecule has 4 heteroatoms. The molecule has 0 heterocycles. The highest BCUT2D eigenvalue weighted by atomic mass is 79.9. The van der Waals surface area contributed by atoms with Crippen LogP contribution in [0.4, 0.5) is 0 Å². The van der Waals surface area contributed by atoms with Crippen molar-refractivity contribution in [3.63, 3.8) is 0 Å². The van der Waals surface area contributed by atoms with Crippen LogP contribution < -0.4 is 10.1 Å². The van der Waals surface area contributed by atoms with E-state index in [-0.39, 0.29) is 5.91 Å². The number of amides is 1. The molecule has 3 nitrogen and oxygen atoms in total. The predicted molar refractivity (Wildman–Crippen MR) is 80.0 cm³/mol. The second-order valence-corrected chi connectivity index (χ2v) is 6.05. The molecule has 1 aromatic carbocycles.